The van der Waals surface area contributed by atoms with Gasteiger partial charge in [0.1, 0.15) is 11.3 Å². The lowest BCUT2D eigenvalue weighted by molar-refractivity contribution is -0.122. The van der Waals surface area contributed by atoms with Crippen LogP contribution in [0.25, 0.3) is 0 Å². The van der Waals surface area contributed by atoms with Crippen molar-refractivity contribution in [2.45, 2.75) is 51.4 Å². The monoisotopic (exact) mass is 445 g/mol. The Labute approximate surface area is 191 Å². The lowest BCUT2D eigenvalue weighted by atomic mass is 9.72. The first-order chi connectivity index (χ1) is 15.5. The van der Waals surface area contributed by atoms with Crippen LogP contribution in [0.1, 0.15) is 54.9 Å². The van der Waals surface area contributed by atoms with Crippen LogP contribution in [0.2, 0.25) is 0 Å². The topological polar surface area (TPSA) is 109 Å². The fraction of sp³-hybridized carbons (Fsp3) is 0.652. The summed E-state index contributed by atoms with van der Waals surface area (Å²) >= 11 is 0. The number of likely N-dealkylation sites (N-methyl/N-ethyl adjacent to an activating group) is 1. The first-order valence-electron chi connectivity index (χ1n) is 11.8. The van der Waals surface area contributed by atoms with Crippen molar-refractivity contribution in [2.75, 3.05) is 33.3 Å². The molecule has 1 amide bonds. The summed E-state index contributed by atoms with van der Waals surface area (Å²) in [5, 5.41) is 20.2. The predicted octanol–water partition coefficient (Wildman–Crippen LogP) is 1.31. The van der Waals surface area contributed by atoms with Crippen molar-refractivity contribution in [3.63, 3.8) is 0 Å². The molecule has 0 saturated heterocycles. The molecule has 1 aromatic rings. The van der Waals surface area contributed by atoms with Gasteiger partial charge in [0.2, 0.25) is 5.91 Å². The van der Waals surface area contributed by atoms with E-state index in [0.29, 0.717) is 30.4 Å². The molecule has 3 unspecified atom stereocenters. The van der Waals surface area contributed by atoms with Crippen LogP contribution in [0.5, 0.6) is 5.75 Å². The molecule has 1 aliphatic heterocycles. The second-order valence-corrected chi connectivity index (χ2v) is 8.83. The molecule has 32 heavy (non-hydrogen) atoms. The Bertz CT molecular complexity index is 778. The first kappa shape index (κ1) is 24.5. The fourth-order valence-electron chi connectivity index (χ4n) is 4.78. The Balaban J connectivity index is 1.48. The van der Waals surface area contributed by atoms with Crippen molar-refractivity contribution in [1.82, 2.24) is 16.0 Å². The van der Waals surface area contributed by atoms with Gasteiger partial charge in [-0.1, -0.05) is 25.5 Å². The summed E-state index contributed by atoms with van der Waals surface area (Å²) in [6.07, 6.45) is 5.34. The molecule has 9 heteroatoms. The number of amides is 1. The molecule has 0 spiro atoms. The normalized spacial score (nSPS) is 22.6. The van der Waals surface area contributed by atoms with Gasteiger partial charge in [0.05, 0.1) is 13.1 Å². The van der Waals surface area contributed by atoms with Crippen LogP contribution in [-0.2, 0) is 16.0 Å². The number of para-hydroxylation sites is 1. The van der Waals surface area contributed by atoms with Gasteiger partial charge in [0.15, 0.2) is 0 Å². The molecule has 1 fully saturated rings. The zero-order chi connectivity index (χ0) is 22.9. The van der Waals surface area contributed by atoms with Gasteiger partial charge in [-0.3, -0.25) is 4.79 Å². The van der Waals surface area contributed by atoms with Crippen molar-refractivity contribution in [3.8, 4) is 5.75 Å². The smallest absolute Gasteiger partial charge is 0.534 e. The summed E-state index contributed by atoms with van der Waals surface area (Å²) in [5.41, 5.74) is 1.05. The van der Waals surface area contributed by atoms with Gasteiger partial charge in [0, 0.05) is 19.5 Å². The standard InChI is InChI=1S/C23H36BN3O5/c1-3-25-10-11-26-15-17-7-4-6-16(12-17)13-21(28)27-20-14-18-8-5-9-19(23(29)31-2)22(18)32-24(20)30/h5,8-9,16-17,20,25-26,30H,3-4,6-7,10-15H2,1-2H3,(H,27,28). The van der Waals surface area contributed by atoms with Gasteiger partial charge >= 0.3 is 13.1 Å². The molecule has 1 heterocycles. The molecule has 1 aromatic carbocycles. The molecule has 3 atom stereocenters. The number of rotatable bonds is 10. The summed E-state index contributed by atoms with van der Waals surface area (Å²) in [6.45, 7) is 6.03. The van der Waals surface area contributed by atoms with Crippen molar-refractivity contribution in [3.05, 3.63) is 29.3 Å². The van der Waals surface area contributed by atoms with Crippen molar-refractivity contribution in [2.24, 2.45) is 11.8 Å². The van der Waals surface area contributed by atoms with E-state index >= 15 is 0 Å². The zero-order valence-corrected chi connectivity index (χ0v) is 19.2. The summed E-state index contributed by atoms with van der Waals surface area (Å²) in [4.78, 5) is 24.7. The molecule has 1 saturated carbocycles. The van der Waals surface area contributed by atoms with Crippen LogP contribution >= 0.6 is 0 Å². The van der Waals surface area contributed by atoms with E-state index in [4.69, 9.17) is 9.39 Å². The van der Waals surface area contributed by atoms with Gasteiger partial charge in [-0.05, 0) is 62.2 Å². The quantitative estimate of drug-likeness (QED) is 0.244. The molecule has 2 aliphatic rings. The Morgan fingerprint density at radius 2 is 2.00 bits per heavy atom. The van der Waals surface area contributed by atoms with E-state index in [1.165, 1.54) is 13.5 Å². The van der Waals surface area contributed by atoms with Crippen LogP contribution in [0, 0.1) is 11.8 Å². The van der Waals surface area contributed by atoms with Gasteiger partial charge in [-0.15, -0.1) is 0 Å². The number of carbonyl (C=O) groups excluding carboxylic acids is 2. The number of fused-ring (bicyclic) bond motifs is 1. The Morgan fingerprint density at radius 1 is 1.22 bits per heavy atom. The minimum absolute atomic E-state index is 0.0593. The maximum Gasteiger partial charge on any atom is 0.547 e. The third-order valence-corrected chi connectivity index (χ3v) is 6.40. The number of hydrogen-bond donors (Lipinski definition) is 4. The highest BCUT2D eigenvalue weighted by atomic mass is 16.5. The highest BCUT2D eigenvalue weighted by Crippen LogP contribution is 2.32. The van der Waals surface area contributed by atoms with Crippen molar-refractivity contribution >= 4 is 19.0 Å². The zero-order valence-electron chi connectivity index (χ0n) is 19.2. The average molecular weight is 445 g/mol. The number of hydrogen-bond acceptors (Lipinski definition) is 7. The second-order valence-electron chi connectivity index (χ2n) is 8.83. The number of ether oxygens (including phenoxy) is 1. The molecular formula is C23H36BN3O5. The lowest BCUT2D eigenvalue weighted by Crippen LogP contribution is -2.53. The highest BCUT2D eigenvalue weighted by Gasteiger charge is 2.38. The maximum absolute atomic E-state index is 12.7. The van der Waals surface area contributed by atoms with E-state index in [1.807, 2.05) is 6.07 Å². The van der Waals surface area contributed by atoms with Crippen LogP contribution in [0.15, 0.2) is 18.2 Å². The SMILES string of the molecule is CCNCCNCC1CCCC(CC(=O)NC2Cc3cccc(C(=O)OC)c3OB2O)C1. The molecule has 4 N–H and O–H groups in total. The number of methoxy groups -OCH3 is 1. The summed E-state index contributed by atoms with van der Waals surface area (Å²) in [5.74, 6) is 0.180. The van der Waals surface area contributed by atoms with Crippen molar-refractivity contribution < 1.29 is 24.0 Å². The lowest BCUT2D eigenvalue weighted by Gasteiger charge is -2.31. The molecular weight excluding hydrogens is 409 g/mol. The maximum atomic E-state index is 12.7. The minimum atomic E-state index is -1.21. The number of nitrogens with one attached hydrogen (secondary N) is 3. The largest absolute Gasteiger partial charge is 0.547 e. The van der Waals surface area contributed by atoms with Crippen LogP contribution in [-0.4, -0.2) is 63.2 Å². The first-order valence-corrected chi connectivity index (χ1v) is 11.8. The summed E-state index contributed by atoms with van der Waals surface area (Å²) < 4.78 is 10.4. The highest BCUT2D eigenvalue weighted by molar-refractivity contribution is 6.47. The number of carbonyl (C=O) groups is 2. The van der Waals surface area contributed by atoms with Crippen LogP contribution in [0.4, 0.5) is 0 Å². The van der Waals surface area contributed by atoms with E-state index in [0.717, 1.165) is 51.0 Å². The Kier molecular flexibility index (Phi) is 9.38. The molecule has 8 nitrogen and oxygen atoms in total. The van der Waals surface area contributed by atoms with E-state index in [-0.39, 0.29) is 11.5 Å². The predicted molar refractivity (Wildman–Crippen MR) is 123 cm³/mol. The van der Waals surface area contributed by atoms with E-state index in [9.17, 15) is 14.6 Å². The fourth-order valence-corrected chi connectivity index (χ4v) is 4.78. The molecule has 3 rings (SSSR count). The minimum Gasteiger partial charge on any atom is -0.534 e. The summed E-state index contributed by atoms with van der Waals surface area (Å²) in [6, 6.07) is 5.19. The number of esters is 1. The van der Waals surface area contributed by atoms with Gasteiger partial charge in [0.25, 0.3) is 0 Å². The molecule has 176 valence electrons. The van der Waals surface area contributed by atoms with E-state index < -0.39 is 19.0 Å². The van der Waals surface area contributed by atoms with Gasteiger partial charge < -0.3 is 30.4 Å². The van der Waals surface area contributed by atoms with Gasteiger partial charge in [-0.25, -0.2) is 4.79 Å². The van der Waals surface area contributed by atoms with Crippen LogP contribution < -0.4 is 20.6 Å². The van der Waals surface area contributed by atoms with Gasteiger partial charge in [-0.2, -0.15) is 0 Å². The van der Waals surface area contributed by atoms with E-state index in [1.54, 1.807) is 12.1 Å². The second kappa shape index (κ2) is 12.2. The molecule has 0 radical (unpaired) electrons. The third-order valence-electron chi connectivity index (χ3n) is 6.40. The van der Waals surface area contributed by atoms with Crippen molar-refractivity contribution in [1.29, 1.82) is 0 Å². The molecule has 1 aliphatic carbocycles. The summed E-state index contributed by atoms with van der Waals surface area (Å²) in [7, 11) is 0.0943. The third kappa shape index (κ3) is 6.70. The molecule has 0 bridgehead atoms. The average Bonchev–Trinajstić information content (AvgIpc) is 2.79. The van der Waals surface area contributed by atoms with Crippen LogP contribution in [0.3, 0.4) is 0 Å². The number of benzene rings is 1. The Morgan fingerprint density at radius 3 is 2.78 bits per heavy atom. The Hall–Kier alpha value is -2.10. The molecule has 0 aromatic heterocycles. The van der Waals surface area contributed by atoms with E-state index in [2.05, 4.69) is 22.9 Å².